The van der Waals surface area contributed by atoms with E-state index in [0.29, 0.717) is 6.54 Å². The van der Waals surface area contributed by atoms with E-state index in [9.17, 15) is 9.59 Å². The van der Waals surface area contributed by atoms with Crippen LogP contribution in [-0.4, -0.2) is 38.1 Å². The number of nitrogens with one attached hydrogen (secondary N) is 2. The predicted octanol–water partition coefficient (Wildman–Crippen LogP) is -1.11. The minimum absolute atomic E-state index is 0.260. The molecule has 0 rings (SSSR count). The predicted molar refractivity (Wildman–Crippen MR) is 51.3 cm³/mol. The third kappa shape index (κ3) is 5.17. The van der Waals surface area contributed by atoms with Crippen LogP contribution >= 0.6 is 0 Å². The number of rotatable bonds is 5. The van der Waals surface area contributed by atoms with Crippen molar-refractivity contribution in [2.45, 2.75) is 13.0 Å². The lowest BCUT2D eigenvalue weighted by molar-refractivity contribution is -0.144. The van der Waals surface area contributed by atoms with Crippen molar-refractivity contribution in [2.75, 3.05) is 20.2 Å². The van der Waals surface area contributed by atoms with Crippen molar-refractivity contribution >= 4 is 11.9 Å². The molecule has 0 aromatic heterocycles. The second-order valence-corrected chi connectivity index (χ2v) is 2.61. The lowest BCUT2D eigenvalue weighted by atomic mass is 10.3. The summed E-state index contributed by atoms with van der Waals surface area (Å²) in [5, 5.41) is 5.25. The van der Waals surface area contributed by atoms with E-state index in [4.69, 9.17) is 6.42 Å². The third-order valence-corrected chi connectivity index (χ3v) is 1.44. The summed E-state index contributed by atoms with van der Waals surface area (Å²) in [7, 11) is 1.26. The number of ether oxygens (including phenoxy) is 1. The Morgan fingerprint density at radius 1 is 1.57 bits per heavy atom. The largest absolute Gasteiger partial charge is 0.467 e. The van der Waals surface area contributed by atoms with Crippen LogP contribution in [-0.2, 0) is 14.3 Å². The van der Waals surface area contributed by atoms with E-state index in [-0.39, 0.29) is 12.5 Å². The number of hydrogen-bond acceptors (Lipinski definition) is 4. The first-order valence-electron chi connectivity index (χ1n) is 4.11. The molecule has 78 valence electrons. The number of amides is 1. The Balaban J connectivity index is 4.05. The maximum absolute atomic E-state index is 11.1. The van der Waals surface area contributed by atoms with Crippen molar-refractivity contribution in [1.82, 2.24) is 10.6 Å². The van der Waals surface area contributed by atoms with Gasteiger partial charge in [0.2, 0.25) is 5.91 Å². The van der Waals surface area contributed by atoms with Crippen LogP contribution in [0, 0.1) is 12.3 Å². The molecule has 0 aliphatic rings. The average Bonchev–Trinajstić information content (AvgIpc) is 2.15. The van der Waals surface area contributed by atoms with Crippen LogP contribution in [0.25, 0.3) is 0 Å². The van der Waals surface area contributed by atoms with E-state index in [2.05, 4.69) is 21.3 Å². The van der Waals surface area contributed by atoms with Crippen LogP contribution in [0.15, 0.2) is 0 Å². The van der Waals surface area contributed by atoms with E-state index >= 15 is 0 Å². The second-order valence-electron chi connectivity index (χ2n) is 2.61. The summed E-state index contributed by atoms with van der Waals surface area (Å²) < 4.78 is 4.50. The highest BCUT2D eigenvalue weighted by atomic mass is 16.5. The third-order valence-electron chi connectivity index (χ3n) is 1.44. The maximum atomic E-state index is 11.1. The topological polar surface area (TPSA) is 67.4 Å². The molecule has 0 aromatic carbocycles. The first-order valence-corrected chi connectivity index (χ1v) is 4.11. The van der Waals surface area contributed by atoms with Gasteiger partial charge in [-0.2, -0.15) is 0 Å². The van der Waals surface area contributed by atoms with Crippen LogP contribution in [0.4, 0.5) is 0 Å². The Hall–Kier alpha value is -1.54. The van der Waals surface area contributed by atoms with Crippen molar-refractivity contribution in [3.63, 3.8) is 0 Å². The quantitative estimate of drug-likeness (QED) is 0.334. The maximum Gasteiger partial charge on any atom is 0.329 e. The molecule has 5 nitrogen and oxygen atoms in total. The zero-order valence-electron chi connectivity index (χ0n) is 8.29. The molecule has 0 aromatic rings. The Morgan fingerprint density at radius 3 is 2.64 bits per heavy atom. The van der Waals surface area contributed by atoms with Crippen LogP contribution in [0.3, 0.4) is 0 Å². The molecule has 0 saturated carbocycles. The summed E-state index contributed by atoms with van der Waals surface area (Å²) in [5.74, 6) is 1.57. The number of methoxy groups -OCH3 is 1. The van der Waals surface area contributed by atoms with Crippen molar-refractivity contribution in [1.29, 1.82) is 0 Å². The molecule has 1 amide bonds. The van der Waals surface area contributed by atoms with E-state index in [1.165, 1.54) is 14.0 Å². The Morgan fingerprint density at radius 2 is 2.21 bits per heavy atom. The Bertz CT molecular complexity index is 245. The van der Waals surface area contributed by atoms with Gasteiger partial charge in [0.25, 0.3) is 0 Å². The standard InChI is InChI=1S/C9H14N2O3/c1-4-5-10-6-8(9(13)14-3)11-7(2)12/h1,8,10H,5-6H2,2-3H3,(H,11,12). The zero-order chi connectivity index (χ0) is 11.0. The number of carbonyl (C=O) groups is 2. The van der Waals surface area contributed by atoms with Crippen molar-refractivity contribution in [3.8, 4) is 12.3 Å². The molecule has 5 heteroatoms. The lowest BCUT2D eigenvalue weighted by Crippen LogP contribution is -2.47. The van der Waals surface area contributed by atoms with Gasteiger partial charge >= 0.3 is 5.97 Å². The molecule has 0 bridgehead atoms. The number of carbonyl (C=O) groups excluding carboxylic acids is 2. The molecule has 0 spiro atoms. The first-order chi connectivity index (χ1) is 6.61. The average molecular weight is 198 g/mol. The molecular formula is C9H14N2O3. The Labute approximate surface area is 83.2 Å². The molecule has 0 fully saturated rings. The summed E-state index contributed by atoms with van der Waals surface area (Å²) in [6.45, 7) is 1.93. The highest BCUT2D eigenvalue weighted by molar-refractivity contribution is 5.83. The molecule has 0 radical (unpaired) electrons. The van der Waals surface area contributed by atoms with Gasteiger partial charge in [0.05, 0.1) is 13.7 Å². The van der Waals surface area contributed by atoms with Gasteiger partial charge in [0.1, 0.15) is 6.04 Å². The van der Waals surface area contributed by atoms with Gasteiger partial charge in [0, 0.05) is 13.5 Å². The molecule has 2 N–H and O–H groups in total. The fraction of sp³-hybridized carbons (Fsp3) is 0.556. The van der Waals surface area contributed by atoms with Crippen LogP contribution < -0.4 is 10.6 Å². The van der Waals surface area contributed by atoms with Crippen LogP contribution in [0.5, 0.6) is 0 Å². The lowest BCUT2D eigenvalue weighted by Gasteiger charge is -2.14. The summed E-state index contributed by atoms with van der Waals surface area (Å²) in [6, 6.07) is -0.689. The van der Waals surface area contributed by atoms with E-state index < -0.39 is 12.0 Å². The van der Waals surface area contributed by atoms with Gasteiger partial charge in [-0.05, 0) is 0 Å². The molecule has 0 aliphatic heterocycles. The number of esters is 1. The van der Waals surface area contributed by atoms with Gasteiger partial charge < -0.3 is 15.4 Å². The molecule has 0 saturated heterocycles. The van der Waals surface area contributed by atoms with Gasteiger partial charge in [-0.1, -0.05) is 5.92 Å². The van der Waals surface area contributed by atoms with Gasteiger partial charge in [-0.15, -0.1) is 6.42 Å². The van der Waals surface area contributed by atoms with E-state index in [1.54, 1.807) is 0 Å². The van der Waals surface area contributed by atoms with Gasteiger partial charge in [0.15, 0.2) is 0 Å². The smallest absolute Gasteiger partial charge is 0.329 e. The summed E-state index contributed by atoms with van der Waals surface area (Å²) >= 11 is 0. The molecule has 0 heterocycles. The van der Waals surface area contributed by atoms with Crippen LogP contribution in [0.1, 0.15) is 6.92 Å². The zero-order valence-corrected chi connectivity index (χ0v) is 8.29. The van der Waals surface area contributed by atoms with Crippen LogP contribution in [0.2, 0.25) is 0 Å². The molecule has 14 heavy (non-hydrogen) atoms. The van der Waals surface area contributed by atoms with E-state index in [1.807, 2.05) is 0 Å². The van der Waals surface area contributed by atoms with E-state index in [0.717, 1.165) is 0 Å². The fourth-order valence-corrected chi connectivity index (χ4v) is 0.870. The molecule has 0 aliphatic carbocycles. The number of hydrogen-bond donors (Lipinski definition) is 2. The van der Waals surface area contributed by atoms with Gasteiger partial charge in [-0.3, -0.25) is 4.79 Å². The van der Waals surface area contributed by atoms with Crippen molar-refractivity contribution in [2.24, 2.45) is 0 Å². The first kappa shape index (κ1) is 12.5. The second kappa shape index (κ2) is 6.92. The monoisotopic (exact) mass is 198 g/mol. The van der Waals surface area contributed by atoms with Crippen molar-refractivity contribution in [3.05, 3.63) is 0 Å². The molecular weight excluding hydrogens is 184 g/mol. The van der Waals surface area contributed by atoms with Crippen molar-refractivity contribution < 1.29 is 14.3 Å². The Kier molecular flexibility index (Phi) is 6.16. The minimum atomic E-state index is -0.689. The SMILES string of the molecule is C#CCNCC(NC(C)=O)C(=O)OC. The number of terminal acetylenes is 1. The minimum Gasteiger partial charge on any atom is -0.467 e. The normalized spacial score (nSPS) is 11.2. The summed E-state index contributed by atoms with van der Waals surface area (Å²) in [4.78, 5) is 21.8. The fourth-order valence-electron chi connectivity index (χ4n) is 0.870. The molecule has 1 unspecified atom stereocenters. The van der Waals surface area contributed by atoms with Gasteiger partial charge in [-0.25, -0.2) is 4.79 Å². The summed E-state index contributed by atoms with van der Waals surface area (Å²) in [5.41, 5.74) is 0. The highest BCUT2D eigenvalue weighted by Gasteiger charge is 2.18. The summed E-state index contributed by atoms with van der Waals surface area (Å²) in [6.07, 6.45) is 5.01. The highest BCUT2D eigenvalue weighted by Crippen LogP contribution is 1.86. The molecule has 1 atom stereocenters.